The standard InChI is InChI=1S/C10H10N2O6S2/c13-8-2-1-6(9(14)11-8)12-20(17,18)5-3-7(10(15)16)19-4-5/h3-4,6,12H,1-2H2,(H,15,16)(H,11,13,14). The number of amides is 2. The smallest absolute Gasteiger partial charge is 0.345 e. The molecular weight excluding hydrogens is 308 g/mol. The van der Waals surface area contributed by atoms with Crippen molar-refractivity contribution < 1.29 is 27.9 Å². The van der Waals surface area contributed by atoms with E-state index in [1.165, 1.54) is 5.38 Å². The zero-order chi connectivity index (χ0) is 14.9. The summed E-state index contributed by atoms with van der Waals surface area (Å²) in [5.74, 6) is -2.38. The van der Waals surface area contributed by atoms with Crippen molar-refractivity contribution in [2.75, 3.05) is 0 Å². The van der Waals surface area contributed by atoms with E-state index < -0.39 is 33.8 Å². The van der Waals surface area contributed by atoms with Crippen LogP contribution in [0.3, 0.4) is 0 Å². The van der Waals surface area contributed by atoms with Gasteiger partial charge in [0.25, 0.3) is 0 Å². The number of carboxylic acids is 1. The Balaban J connectivity index is 2.16. The molecule has 2 amide bonds. The lowest BCUT2D eigenvalue weighted by molar-refractivity contribution is -0.134. The second-order valence-electron chi connectivity index (χ2n) is 4.08. The first-order chi connectivity index (χ1) is 9.29. The van der Waals surface area contributed by atoms with Crippen molar-refractivity contribution in [3.63, 3.8) is 0 Å². The average Bonchev–Trinajstić information content (AvgIpc) is 2.83. The fourth-order valence-electron chi connectivity index (χ4n) is 1.63. The van der Waals surface area contributed by atoms with Gasteiger partial charge in [0.15, 0.2) is 0 Å². The van der Waals surface area contributed by atoms with Crippen LogP contribution in [0.2, 0.25) is 0 Å². The molecule has 8 nitrogen and oxygen atoms in total. The lowest BCUT2D eigenvalue weighted by Gasteiger charge is -2.21. The Hall–Kier alpha value is -1.78. The first kappa shape index (κ1) is 14.6. The van der Waals surface area contributed by atoms with Crippen LogP contribution >= 0.6 is 11.3 Å². The zero-order valence-corrected chi connectivity index (χ0v) is 11.6. The van der Waals surface area contributed by atoms with Crippen LogP contribution in [-0.4, -0.2) is 37.3 Å². The first-order valence-electron chi connectivity index (χ1n) is 5.47. The minimum absolute atomic E-state index is 0.0446. The number of aromatic carboxylic acids is 1. The number of rotatable bonds is 4. The van der Waals surface area contributed by atoms with Crippen LogP contribution in [0.25, 0.3) is 0 Å². The zero-order valence-electron chi connectivity index (χ0n) is 9.95. The first-order valence-corrected chi connectivity index (χ1v) is 7.84. The van der Waals surface area contributed by atoms with Crippen LogP contribution in [0.1, 0.15) is 22.5 Å². The molecule has 1 unspecified atom stereocenters. The van der Waals surface area contributed by atoms with Crippen molar-refractivity contribution in [3.05, 3.63) is 16.3 Å². The van der Waals surface area contributed by atoms with Gasteiger partial charge in [-0.2, -0.15) is 4.72 Å². The van der Waals surface area contributed by atoms with E-state index in [0.717, 1.165) is 17.4 Å². The van der Waals surface area contributed by atoms with Crippen molar-refractivity contribution in [1.29, 1.82) is 0 Å². The van der Waals surface area contributed by atoms with E-state index in [4.69, 9.17) is 5.11 Å². The number of carbonyl (C=O) groups is 3. The summed E-state index contributed by atoms with van der Waals surface area (Å²) >= 11 is 0.774. The molecule has 3 N–H and O–H groups in total. The summed E-state index contributed by atoms with van der Waals surface area (Å²) in [7, 11) is -4.00. The van der Waals surface area contributed by atoms with E-state index in [9.17, 15) is 22.8 Å². The highest BCUT2D eigenvalue weighted by Crippen LogP contribution is 2.20. The van der Waals surface area contributed by atoms with Crippen molar-refractivity contribution >= 4 is 39.1 Å². The number of carboxylic acid groups (broad SMARTS) is 1. The van der Waals surface area contributed by atoms with Gasteiger partial charge >= 0.3 is 5.97 Å². The largest absolute Gasteiger partial charge is 0.477 e. The van der Waals surface area contributed by atoms with Gasteiger partial charge in [-0.05, 0) is 12.5 Å². The quantitative estimate of drug-likeness (QED) is 0.644. The molecule has 1 saturated heterocycles. The van der Waals surface area contributed by atoms with Crippen LogP contribution in [0, 0.1) is 0 Å². The molecule has 0 saturated carbocycles. The average molecular weight is 318 g/mol. The molecule has 1 atom stereocenters. The summed E-state index contributed by atoms with van der Waals surface area (Å²) in [6.45, 7) is 0. The number of imide groups is 1. The third kappa shape index (κ3) is 3.03. The maximum atomic E-state index is 12.0. The van der Waals surface area contributed by atoms with E-state index >= 15 is 0 Å². The summed E-state index contributed by atoms with van der Waals surface area (Å²) in [4.78, 5) is 32.8. The minimum atomic E-state index is -4.00. The molecule has 0 aromatic carbocycles. The van der Waals surface area contributed by atoms with E-state index in [1.807, 2.05) is 5.32 Å². The number of nitrogens with one attached hydrogen (secondary N) is 2. The van der Waals surface area contributed by atoms with Crippen molar-refractivity contribution in [1.82, 2.24) is 10.0 Å². The predicted molar refractivity (Wildman–Crippen MR) is 67.8 cm³/mol. The molecule has 20 heavy (non-hydrogen) atoms. The summed E-state index contributed by atoms with van der Waals surface area (Å²) in [5, 5.41) is 12.0. The highest BCUT2D eigenvalue weighted by atomic mass is 32.2. The van der Waals surface area contributed by atoms with Crippen molar-refractivity contribution in [3.8, 4) is 0 Å². The van der Waals surface area contributed by atoms with E-state index in [2.05, 4.69) is 4.72 Å². The number of sulfonamides is 1. The number of hydrogen-bond donors (Lipinski definition) is 3. The van der Waals surface area contributed by atoms with E-state index in [1.54, 1.807) is 0 Å². The Morgan fingerprint density at radius 2 is 2.15 bits per heavy atom. The number of hydrogen-bond acceptors (Lipinski definition) is 6. The molecule has 2 rings (SSSR count). The van der Waals surface area contributed by atoms with Gasteiger partial charge in [-0.25, -0.2) is 13.2 Å². The molecular formula is C10H10N2O6S2. The van der Waals surface area contributed by atoms with Gasteiger partial charge in [0, 0.05) is 11.8 Å². The van der Waals surface area contributed by atoms with Gasteiger partial charge in [-0.15, -0.1) is 11.3 Å². The molecule has 2 heterocycles. The molecule has 0 bridgehead atoms. The molecule has 0 radical (unpaired) electrons. The Morgan fingerprint density at radius 1 is 1.45 bits per heavy atom. The third-order valence-corrected chi connectivity index (χ3v) is 5.15. The van der Waals surface area contributed by atoms with Crippen LogP contribution in [0.15, 0.2) is 16.3 Å². The number of carbonyl (C=O) groups excluding carboxylic acids is 2. The maximum absolute atomic E-state index is 12.0. The molecule has 108 valence electrons. The second kappa shape index (κ2) is 5.31. The van der Waals surface area contributed by atoms with Gasteiger partial charge < -0.3 is 5.11 Å². The van der Waals surface area contributed by atoms with E-state index in [0.29, 0.717) is 0 Å². The topological polar surface area (TPSA) is 130 Å². The normalized spacial score (nSPS) is 19.7. The van der Waals surface area contributed by atoms with Gasteiger partial charge in [-0.3, -0.25) is 14.9 Å². The van der Waals surface area contributed by atoms with Gasteiger partial charge in [0.05, 0.1) is 4.90 Å². The number of piperidine rings is 1. The molecule has 0 spiro atoms. The molecule has 1 aromatic heterocycles. The van der Waals surface area contributed by atoms with E-state index in [-0.39, 0.29) is 22.6 Å². The summed E-state index contributed by atoms with van der Waals surface area (Å²) in [6.07, 6.45) is 0.114. The second-order valence-corrected chi connectivity index (χ2v) is 6.70. The Kier molecular flexibility index (Phi) is 3.88. The van der Waals surface area contributed by atoms with Crippen LogP contribution in [-0.2, 0) is 19.6 Å². The molecule has 1 aromatic rings. The van der Waals surface area contributed by atoms with Crippen LogP contribution < -0.4 is 10.0 Å². The monoisotopic (exact) mass is 318 g/mol. The molecule has 0 aliphatic carbocycles. The van der Waals surface area contributed by atoms with Gasteiger partial charge in [0.1, 0.15) is 10.9 Å². The van der Waals surface area contributed by atoms with Crippen LogP contribution in [0.4, 0.5) is 0 Å². The lowest BCUT2D eigenvalue weighted by Crippen LogP contribution is -2.52. The molecule has 10 heteroatoms. The summed E-state index contributed by atoms with van der Waals surface area (Å²) in [6, 6.07) is -0.0211. The minimum Gasteiger partial charge on any atom is -0.477 e. The Labute approximate surface area is 117 Å². The highest BCUT2D eigenvalue weighted by molar-refractivity contribution is 7.89. The molecule has 1 aliphatic heterocycles. The molecule has 1 fully saturated rings. The highest BCUT2D eigenvalue weighted by Gasteiger charge is 2.31. The van der Waals surface area contributed by atoms with Crippen LogP contribution in [0.5, 0.6) is 0 Å². The predicted octanol–water partition coefficient (Wildman–Crippen LogP) is -0.470. The third-order valence-electron chi connectivity index (χ3n) is 2.63. The summed E-state index contributed by atoms with van der Waals surface area (Å²) in [5.41, 5.74) is 0. The SMILES string of the molecule is O=C1CCC(NS(=O)(=O)c2csc(C(=O)O)c2)C(=O)N1. The fourth-order valence-corrected chi connectivity index (χ4v) is 3.97. The fraction of sp³-hybridized carbons (Fsp3) is 0.300. The van der Waals surface area contributed by atoms with Gasteiger partial charge in [-0.1, -0.05) is 0 Å². The van der Waals surface area contributed by atoms with Crippen molar-refractivity contribution in [2.24, 2.45) is 0 Å². The lowest BCUT2D eigenvalue weighted by atomic mass is 10.1. The maximum Gasteiger partial charge on any atom is 0.345 e. The summed E-state index contributed by atoms with van der Waals surface area (Å²) < 4.78 is 26.2. The Bertz CT molecular complexity index is 678. The van der Waals surface area contributed by atoms with Crippen molar-refractivity contribution in [2.45, 2.75) is 23.8 Å². The molecule has 1 aliphatic rings. The number of thiophene rings is 1. The van der Waals surface area contributed by atoms with Gasteiger partial charge in [0.2, 0.25) is 21.8 Å². The Morgan fingerprint density at radius 3 is 2.70 bits per heavy atom.